The number of hydrogen-bond acceptors (Lipinski definition) is 14. The van der Waals surface area contributed by atoms with Gasteiger partial charge in [0, 0.05) is 60.7 Å². The maximum atomic E-state index is 15.5. The van der Waals surface area contributed by atoms with Gasteiger partial charge in [0.2, 0.25) is 5.43 Å². The number of hydrogen-bond donors (Lipinski definition) is 4. The van der Waals surface area contributed by atoms with Crippen molar-refractivity contribution in [2.45, 2.75) is 30.3 Å². The van der Waals surface area contributed by atoms with Crippen LogP contribution in [0.4, 0.5) is 15.2 Å². The number of nitrogens with zero attached hydrogens (tertiary/aromatic N) is 6. The number of β-lactam (4-membered cyclic amide) rings is 1. The van der Waals surface area contributed by atoms with Crippen molar-refractivity contribution >= 4 is 103 Å². The molecule has 3 aliphatic heterocycles. The van der Waals surface area contributed by atoms with Crippen molar-refractivity contribution in [3.63, 3.8) is 0 Å². The quantitative estimate of drug-likeness (QED) is 0.100. The first-order valence-corrected chi connectivity index (χ1v) is 19.5. The Balaban J connectivity index is 0.986. The van der Waals surface area contributed by atoms with Crippen LogP contribution in [0.3, 0.4) is 0 Å². The predicted molar refractivity (Wildman–Crippen MR) is 202 cm³/mol. The fraction of sp³-hybridized carbons (Fsp3) is 0.375. The van der Waals surface area contributed by atoms with Crippen molar-refractivity contribution in [3.8, 4) is 0 Å². The number of anilines is 2. The molecule has 0 spiro atoms. The number of rotatable bonds is 10. The van der Waals surface area contributed by atoms with Crippen LogP contribution in [0.2, 0.25) is 0 Å². The van der Waals surface area contributed by atoms with Crippen LogP contribution in [0.5, 0.6) is 0 Å². The number of thiocarbonyl (C=S) groups is 1. The molecule has 278 valence electrons. The van der Waals surface area contributed by atoms with Crippen molar-refractivity contribution in [3.05, 3.63) is 62.3 Å². The number of halogens is 1. The summed E-state index contributed by atoms with van der Waals surface area (Å²) in [5.74, 6) is -4.05. The minimum atomic E-state index is -1.35. The third-order valence-corrected chi connectivity index (χ3v) is 12.8. The summed E-state index contributed by atoms with van der Waals surface area (Å²) >= 11 is 9.40. The van der Waals surface area contributed by atoms with Crippen LogP contribution in [-0.2, 0) is 19.2 Å². The summed E-state index contributed by atoms with van der Waals surface area (Å²) < 4.78 is 17.7. The van der Waals surface area contributed by atoms with Crippen molar-refractivity contribution in [1.82, 2.24) is 24.7 Å². The molecule has 3 fully saturated rings. The van der Waals surface area contributed by atoms with E-state index in [2.05, 4.69) is 15.5 Å². The number of benzene rings is 1. The zero-order valence-electron chi connectivity index (χ0n) is 27.8. The number of nitrogen functional groups attached to an aromatic ring is 1. The van der Waals surface area contributed by atoms with E-state index in [-0.39, 0.29) is 50.7 Å². The highest BCUT2D eigenvalue weighted by Crippen LogP contribution is 2.42. The SMILES string of the molecule is CO/N=C(/C(=O)N[C@@H]1C(=O)N2C(C(=O)O)=C(CSC(=S)N3CCN(c4cc5c(cc4F)c(=O)c(C(=O)O)cn5C4CC4)CC3)CS[C@H]12)c1csc(N)n1. The smallest absolute Gasteiger partial charge is 0.352 e. The van der Waals surface area contributed by atoms with Crippen molar-refractivity contribution in [2.75, 3.05) is 55.4 Å². The standard InChI is InChI=1S/C32H31FN8O8S4/c1-49-37-22(19-13-52-31(34)35-19)26(43)36-23-27(44)41-24(30(47)48)14(11-51-28(23)41)12-53-32(50)39-6-4-38(5-7-39)21-9-20-16(8-18(21)33)25(42)17(29(45)46)10-40(20)15-2-3-15/h8-10,13,15,23,28H,2-7,11-12H2,1H3,(H2,34,35)(H,36,43)(H,45,46)(H,47,48)/b37-22+/t23-,28-/m1/s1. The molecule has 2 amide bonds. The summed E-state index contributed by atoms with van der Waals surface area (Å²) in [6.07, 6.45) is 3.03. The van der Waals surface area contributed by atoms with Gasteiger partial charge >= 0.3 is 11.9 Å². The highest BCUT2D eigenvalue weighted by Gasteiger charge is 2.54. The number of oxime groups is 1. The van der Waals surface area contributed by atoms with Gasteiger partial charge in [0.05, 0.1) is 11.2 Å². The van der Waals surface area contributed by atoms with Gasteiger partial charge in [-0.2, -0.15) is 0 Å². The lowest BCUT2D eigenvalue weighted by atomic mass is 10.0. The number of nitrogens with two attached hydrogens (primary N) is 1. The maximum Gasteiger partial charge on any atom is 0.352 e. The number of carbonyl (C=O) groups is 4. The van der Waals surface area contributed by atoms with E-state index in [1.54, 1.807) is 10.6 Å². The normalized spacial score (nSPS) is 20.3. The number of carbonyl (C=O) groups excluding carboxylic acids is 2. The van der Waals surface area contributed by atoms with Crippen LogP contribution in [0.15, 0.2) is 44.9 Å². The molecule has 16 nitrogen and oxygen atoms in total. The van der Waals surface area contributed by atoms with Gasteiger partial charge in [0.15, 0.2) is 10.8 Å². The third kappa shape index (κ3) is 6.93. The Morgan fingerprint density at radius 1 is 1.17 bits per heavy atom. The molecule has 1 saturated carbocycles. The first-order chi connectivity index (χ1) is 25.4. The number of aromatic nitrogens is 2. The fourth-order valence-electron chi connectivity index (χ4n) is 6.47. The molecule has 1 aliphatic carbocycles. The van der Waals surface area contributed by atoms with Gasteiger partial charge in [-0.3, -0.25) is 19.3 Å². The Labute approximate surface area is 317 Å². The fourth-order valence-corrected chi connectivity index (χ4v) is 9.76. The molecule has 0 unspecified atom stereocenters. The van der Waals surface area contributed by atoms with E-state index < -0.39 is 46.4 Å². The number of thiazole rings is 1. The second-order valence-corrected chi connectivity index (χ2v) is 16.1. The topological polar surface area (TPSA) is 213 Å². The zero-order valence-corrected chi connectivity index (χ0v) is 31.1. The van der Waals surface area contributed by atoms with Gasteiger partial charge in [-0.05, 0) is 30.5 Å². The lowest BCUT2D eigenvalue weighted by molar-refractivity contribution is -0.150. The Morgan fingerprint density at radius 2 is 1.91 bits per heavy atom. The molecule has 3 aromatic rings. The molecular weight excluding hydrogens is 772 g/mol. The summed E-state index contributed by atoms with van der Waals surface area (Å²) in [7, 11) is 1.26. The summed E-state index contributed by atoms with van der Waals surface area (Å²) in [4.78, 5) is 77.1. The van der Waals surface area contributed by atoms with Gasteiger partial charge in [-0.1, -0.05) is 29.1 Å². The predicted octanol–water partition coefficient (Wildman–Crippen LogP) is 2.14. The molecule has 4 aliphatic rings. The molecule has 53 heavy (non-hydrogen) atoms. The van der Waals surface area contributed by atoms with E-state index in [0.717, 1.165) is 30.2 Å². The molecule has 21 heteroatoms. The molecule has 7 rings (SSSR count). The third-order valence-electron chi connectivity index (χ3n) is 9.22. The van der Waals surface area contributed by atoms with E-state index in [0.29, 0.717) is 47.3 Å². The number of pyridine rings is 1. The number of carboxylic acid groups (broad SMARTS) is 2. The van der Waals surface area contributed by atoms with Gasteiger partial charge < -0.3 is 40.5 Å². The molecule has 5 heterocycles. The summed E-state index contributed by atoms with van der Waals surface area (Å²) in [5, 5.41) is 27.1. The molecular formula is C32H31FN8O8S4. The minimum Gasteiger partial charge on any atom is -0.477 e. The van der Waals surface area contributed by atoms with E-state index in [1.807, 2.05) is 9.80 Å². The van der Waals surface area contributed by atoms with Gasteiger partial charge in [-0.15, -0.1) is 23.1 Å². The van der Waals surface area contributed by atoms with Gasteiger partial charge in [-0.25, -0.2) is 19.0 Å². The van der Waals surface area contributed by atoms with Crippen molar-refractivity contribution in [2.24, 2.45) is 5.16 Å². The van der Waals surface area contributed by atoms with Gasteiger partial charge in [0.25, 0.3) is 11.8 Å². The summed E-state index contributed by atoms with van der Waals surface area (Å²) in [6.45, 7) is 1.72. The van der Waals surface area contributed by atoms with E-state index in [9.17, 15) is 34.2 Å². The van der Waals surface area contributed by atoms with Crippen LogP contribution >= 0.6 is 47.1 Å². The zero-order chi connectivity index (χ0) is 37.7. The van der Waals surface area contributed by atoms with Crippen LogP contribution in [0.25, 0.3) is 10.9 Å². The highest BCUT2D eigenvalue weighted by molar-refractivity contribution is 8.23. The van der Waals surface area contributed by atoms with Crippen LogP contribution < -0.4 is 21.4 Å². The van der Waals surface area contributed by atoms with Crippen LogP contribution in [-0.4, -0.2) is 120 Å². The average Bonchev–Trinajstić information content (AvgIpc) is 3.90. The molecule has 1 aromatic carbocycles. The Bertz CT molecular complexity index is 2200. The van der Waals surface area contributed by atoms with Crippen LogP contribution in [0, 0.1) is 5.82 Å². The van der Waals surface area contributed by atoms with Gasteiger partial charge in [0.1, 0.15) is 45.6 Å². The minimum absolute atomic E-state index is 0.0278. The van der Waals surface area contributed by atoms with E-state index >= 15 is 4.39 Å². The Kier molecular flexibility index (Phi) is 10.1. The summed E-state index contributed by atoms with van der Waals surface area (Å²) in [6, 6.07) is 1.79. The highest BCUT2D eigenvalue weighted by atomic mass is 32.2. The molecule has 2 aromatic heterocycles. The second kappa shape index (κ2) is 14.6. The van der Waals surface area contributed by atoms with E-state index in [1.165, 1.54) is 47.1 Å². The Hall–Kier alpha value is -4.73. The number of thioether (sulfide) groups is 2. The number of aliphatic carboxylic acids is 1. The second-order valence-electron chi connectivity index (χ2n) is 12.5. The molecule has 2 saturated heterocycles. The Morgan fingerprint density at radius 3 is 2.53 bits per heavy atom. The lowest BCUT2D eigenvalue weighted by Crippen LogP contribution is -2.71. The molecule has 5 N–H and O–H groups in total. The number of aromatic carboxylic acids is 1. The monoisotopic (exact) mass is 802 g/mol. The maximum absolute atomic E-state index is 15.5. The molecule has 0 bridgehead atoms. The average molecular weight is 803 g/mol. The molecule has 0 radical (unpaired) electrons. The number of piperazine rings is 1. The molecule has 2 atom stereocenters. The lowest BCUT2D eigenvalue weighted by Gasteiger charge is -2.49. The van der Waals surface area contributed by atoms with E-state index in [4.69, 9.17) is 22.8 Å². The van der Waals surface area contributed by atoms with Crippen molar-refractivity contribution in [1.29, 1.82) is 0 Å². The first-order valence-electron chi connectivity index (χ1n) is 16.2. The number of carboxylic acids is 2. The number of amides is 2. The van der Waals surface area contributed by atoms with Crippen LogP contribution in [0.1, 0.15) is 34.9 Å². The number of nitrogens with one attached hydrogen (secondary N) is 1. The largest absolute Gasteiger partial charge is 0.477 e. The van der Waals surface area contributed by atoms with Crippen molar-refractivity contribution < 1.29 is 38.6 Å². The summed E-state index contributed by atoms with van der Waals surface area (Å²) in [5.41, 5.74) is 5.73. The number of fused-ring (bicyclic) bond motifs is 2. The first kappa shape index (κ1) is 36.6.